The molecule has 2 aromatic rings. The molecule has 0 amide bonds. The van der Waals surface area contributed by atoms with Crippen molar-refractivity contribution in [3.05, 3.63) is 46.8 Å². The van der Waals surface area contributed by atoms with Gasteiger partial charge in [-0.05, 0) is 30.9 Å². The summed E-state index contributed by atoms with van der Waals surface area (Å²) in [5, 5.41) is 9.43. The topological polar surface area (TPSA) is 62.0 Å². The van der Waals surface area contributed by atoms with Gasteiger partial charge in [-0.1, -0.05) is 24.3 Å². The molecule has 0 fully saturated rings. The lowest BCUT2D eigenvalue weighted by atomic mass is 10.0. The molecule has 0 saturated heterocycles. The first-order chi connectivity index (χ1) is 12.8. The molecule has 0 bridgehead atoms. The number of alkyl halides is 4. The summed E-state index contributed by atoms with van der Waals surface area (Å²) < 4.78 is 55.8. The van der Waals surface area contributed by atoms with E-state index in [0.29, 0.717) is 25.9 Å². The van der Waals surface area contributed by atoms with Crippen LogP contribution in [-0.2, 0) is 12.8 Å². The van der Waals surface area contributed by atoms with Crippen LogP contribution in [0.1, 0.15) is 22.5 Å². The van der Waals surface area contributed by atoms with Crippen molar-refractivity contribution in [2.45, 2.75) is 32.3 Å². The van der Waals surface area contributed by atoms with Crippen molar-refractivity contribution >= 4 is 5.82 Å². The normalized spacial score (nSPS) is 14.5. The first-order valence-corrected chi connectivity index (χ1v) is 8.27. The van der Waals surface area contributed by atoms with Crippen LogP contribution in [0.5, 0.6) is 5.88 Å². The largest absolute Gasteiger partial charge is 0.462 e. The summed E-state index contributed by atoms with van der Waals surface area (Å²) >= 11 is 0. The zero-order valence-corrected chi connectivity index (χ0v) is 14.4. The molecule has 1 aliphatic rings. The maximum absolute atomic E-state index is 13.3. The number of rotatable bonds is 4. The van der Waals surface area contributed by atoms with Crippen LogP contribution < -0.4 is 9.64 Å². The average molecular weight is 380 g/mol. The van der Waals surface area contributed by atoms with E-state index in [2.05, 4.69) is 14.7 Å². The maximum Gasteiger partial charge on any atom is 0.462 e. The highest BCUT2D eigenvalue weighted by Crippen LogP contribution is 2.32. The SMILES string of the molecule is Cc1nc(OC(F)(F)C(F)F)c(C#N)c(N2CCc3ccccc3CC2)n1. The minimum Gasteiger partial charge on any atom is -0.409 e. The van der Waals surface area contributed by atoms with Crippen LogP contribution in [-0.4, -0.2) is 35.6 Å². The molecule has 0 unspecified atom stereocenters. The van der Waals surface area contributed by atoms with Crippen LogP contribution >= 0.6 is 0 Å². The molecule has 3 rings (SSSR count). The molecule has 0 aliphatic carbocycles. The number of aromatic nitrogens is 2. The highest BCUT2D eigenvalue weighted by molar-refractivity contribution is 5.59. The number of nitriles is 1. The molecule has 142 valence electrons. The van der Waals surface area contributed by atoms with Gasteiger partial charge in [0.25, 0.3) is 0 Å². The Bertz CT molecular complexity index is 855. The highest BCUT2D eigenvalue weighted by atomic mass is 19.3. The van der Waals surface area contributed by atoms with Gasteiger partial charge in [-0.3, -0.25) is 0 Å². The number of hydrogen-bond donors (Lipinski definition) is 0. The summed E-state index contributed by atoms with van der Waals surface area (Å²) in [6.07, 6.45) is -7.45. The molecule has 2 heterocycles. The molecule has 1 aromatic carbocycles. The maximum atomic E-state index is 13.3. The van der Waals surface area contributed by atoms with E-state index in [1.54, 1.807) is 11.0 Å². The zero-order chi connectivity index (χ0) is 19.6. The van der Waals surface area contributed by atoms with Gasteiger partial charge < -0.3 is 9.64 Å². The molecule has 0 spiro atoms. The Morgan fingerprint density at radius 2 is 1.74 bits per heavy atom. The summed E-state index contributed by atoms with van der Waals surface area (Å²) in [4.78, 5) is 9.59. The van der Waals surface area contributed by atoms with Gasteiger partial charge >= 0.3 is 12.5 Å². The smallest absolute Gasteiger partial charge is 0.409 e. The Hall–Kier alpha value is -2.89. The van der Waals surface area contributed by atoms with Crippen LogP contribution in [0.4, 0.5) is 23.4 Å². The number of nitrogens with zero attached hydrogens (tertiary/aromatic N) is 4. The summed E-state index contributed by atoms with van der Waals surface area (Å²) in [5.74, 6) is -0.684. The first kappa shape index (κ1) is 18.9. The van der Waals surface area contributed by atoms with Gasteiger partial charge in [0.05, 0.1) is 0 Å². The lowest BCUT2D eigenvalue weighted by Gasteiger charge is -2.24. The predicted molar refractivity (Wildman–Crippen MR) is 89.1 cm³/mol. The third-order valence-corrected chi connectivity index (χ3v) is 4.29. The van der Waals surface area contributed by atoms with Gasteiger partial charge in [-0.25, -0.2) is 4.98 Å². The second-order valence-corrected chi connectivity index (χ2v) is 6.11. The molecule has 0 N–H and O–H groups in total. The van der Waals surface area contributed by atoms with Crippen LogP contribution in [0, 0.1) is 18.3 Å². The number of benzene rings is 1. The van der Waals surface area contributed by atoms with E-state index in [4.69, 9.17) is 0 Å². The van der Waals surface area contributed by atoms with E-state index < -0.39 is 18.4 Å². The fraction of sp³-hybridized carbons (Fsp3) is 0.389. The Morgan fingerprint density at radius 3 is 2.26 bits per heavy atom. The lowest BCUT2D eigenvalue weighted by Crippen LogP contribution is -2.35. The van der Waals surface area contributed by atoms with Gasteiger partial charge in [-0.2, -0.15) is 27.8 Å². The molecule has 0 saturated carbocycles. The Labute approximate surface area is 153 Å². The minimum atomic E-state index is -4.75. The van der Waals surface area contributed by atoms with E-state index in [-0.39, 0.29) is 17.2 Å². The fourth-order valence-electron chi connectivity index (χ4n) is 2.99. The van der Waals surface area contributed by atoms with Crippen molar-refractivity contribution < 1.29 is 22.3 Å². The molecule has 1 aliphatic heterocycles. The number of hydrogen-bond acceptors (Lipinski definition) is 5. The standard InChI is InChI=1S/C18H16F4N4O/c1-11-24-15(14(10-23)16(25-11)27-18(21,22)17(19)20)26-8-6-12-4-2-3-5-13(12)7-9-26/h2-5,17H,6-9H2,1H3. The number of fused-ring (bicyclic) bond motifs is 1. The van der Waals surface area contributed by atoms with Crippen LogP contribution in [0.25, 0.3) is 0 Å². The minimum absolute atomic E-state index is 0.0471. The molecule has 1 aromatic heterocycles. The van der Waals surface area contributed by atoms with Crippen molar-refractivity contribution in [2.75, 3.05) is 18.0 Å². The van der Waals surface area contributed by atoms with Gasteiger partial charge in [0.1, 0.15) is 11.9 Å². The van der Waals surface area contributed by atoms with Gasteiger partial charge in [-0.15, -0.1) is 0 Å². The summed E-state index contributed by atoms with van der Waals surface area (Å²) in [5.41, 5.74) is 1.93. The molecule has 0 atom stereocenters. The average Bonchev–Trinajstić information content (AvgIpc) is 2.83. The third kappa shape index (κ3) is 3.94. The highest BCUT2D eigenvalue weighted by Gasteiger charge is 2.45. The van der Waals surface area contributed by atoms with Gasteiger partial charge in [0, 0.05) is 13.1 Å². The van der Waals surface area contributed by atoms with Crippen LogP contribution in [0.2, 0.25) is 0 Å². The van der Waals surface area contributed by atoms with Gasteiger partial charge in [0.15, 0.2) is 11.4 Å². The second kappa shape index (κ2) is 7.39. The molecule has 0 radical (unpaired) electrons. The van der Waals surface area contributed by atoms with Crippen molar-refractivity contribution in [2.24, 2.45) is 0 Å². The number of halogens is 4. The Kier molecular flexibility index (Phi) is 5.17. The number of aryl methyl sites for hydroxylation is 1. The molecular formula is C18H16F4N4O. The molecule has 27 heavy (non-hydrogen) atoms. The third-order valence-electron chi connectivity index (χ3n) is 4.29. The first-order valence-electron chi connectivity index (χ1n) is 8.27. The summed E-state index contributed by atoms with van der Waals surface area (Å²) in [6, 6.07) is 9.60. The zero-order valence-electron chi connectivity index (χ0n) is 14.4. The van der Waals surface area contributed by atoms with E-state index in [0.717, 1.165) is 11.1 Å². The van der Waals surface area contributed by atoms with Crippen molar-refractivity contribution in [1.82, 2.24) is 9.97 Å². The Balaban J connectivity index is 1.95. The summed E-state index contributed by atoms with van der Waals surface area (Å²) in [6.45, 7) is 2.41. The van der Waals surface area contributed by atoms with Crippen LogP contribution in [0.3, 0.4) is 0 Å². The van der Waals surface area contributed by atoms with Crippen molar-refractivity contribution in [3.63, 3.8) is 0 Å². The van der Waals surface area contributed by atoms with Crippen molar-refractivity contribution in [1.29, 1.82) is 5.26 Å². The van der Waals surface area contributed by atoms with Crippen LogP contribution in [0.15, 0.2) is 24.3 Å². The van der Waals surface area contributed by atoms with E-state index in [1.165, 1.54) is 6.92 Å². The van der Waals surface area contributed by atoms with E-state index in [1.807, 2.05) is 24.3 Å². The quantitative estimate of drug-likeness (QED) is 0.760. The fourth-order valence-corrected chi connectivity index (χ4v) is 2.99. The molecular weight excluding hydrogens is 364 g/mol. The Morgan fingerprint density at radius 1 is 1.15 bits per heavy atom. The second-order valence-electron chi connectivity index (χ2n) is 6.11. The number of anilines is 1. The summed E-state index contributed by atoms with van der Waals surface area (Å²) in [7, 11) is 0. The predicted octanol–water partition coefficient (Wildman–Crippen LogP) is 3.50. The lowest BCUT2D eigenvalue weighted by molar-refractivity contribution is -0.254. The molecule has 5 nitrogen and oxygen atoms in total. The van der Waals surface area contributed by atoms with E-state index in [9.17, 15) is 22.8 Å². The van der Waals surface area contributed by atoms with E-state index >= 15 is 0 Å². The number of ether oxygens (including phenoxy) is 1. The molecule has 9 heteroatoms. The van der Waals surface area contributed by atoms with Gasteiger partial charge in [0.2, 0.25) is 5.88 Å². The van der Waals surface area contributed by atoms with Crippen molar-refractivity contribution in [3.8, 4) is 11.9 Å². The monoisotopic (exact) mass is 380 g/mol.